The number of unbranched alkanes of at least 4 members (excludes halogenated alkanes) is 6. The van der Waals surface area contributed by atoms with Gasteiger partial charge in [-0.2, -0.15) is 0 Å². The molecule has 0 aromatic heterocycles. The minimum Gasteiger partial charge on any atom is -0.350 e. The smallest absolute Gasteiger partial charge is 0.169 e. The van der Waals surface area contributed by atoms with E-state index < -0.39 is 0 Å². The Morgan fingerprint density at radius 2 is 1.56 bits per heavy atom. The van der Waals surface area contributed by atoms with E-state index in [4.69, 9.17) is 9.47 Å². The molecule has 1 aliphatic rings. The fourth-order valence-corrected chi connectivity index (χ4v) is 2.48. The van der Waals surface area contributed by atoms with Crippen LogP contribution in [0.5, 0.6) is 0 Å². The standard InChI is InChI=1S/C16H32O2/c1-4-6-7-8-9-10-11-12-15(3)18-16(13-14-16)17-5-2/h15H,4-14H2,1-3H3. The van der Waals surface area contributed by atoms with Gasteiger partial charge < -0.3 is 9.47 Å². The van der Waals surface area contributed by atoms with E-state index in [-0.39, 0.29) is 5.79 Å². The first kappa shape index (κ1) is 16.0. The molecule has 108 valence electrons. The summed E-state index contributed by atoms with van der Waals surface area (Å²) >= 11 is 0. The van der Waals surface area contributed by atoms with Crippen molar-refractivity contribution in [2.75, 3.05) is 6.61 Å². The van der Waals surface area contributed by atoms with Crippen LogP contribution in [0.25, 0.3) is 0 Å². The van der Waals surface area contributed by atoms with Crippen LogP contribution in [-0.4, -0.2) is 18.5 Å². The fourth-order valence-electron chi connectivity index (χ4n) is 2.48. The molecule has 0 aromatic rings. The number of hydrogen-bond acceptors (Lipinski definition) is 2. The molecule has 0 aromatic carbocycles. The largest absolute Gasteiger partial charge is 0.350 e. The van der Waals surface area contributed by atoms with E-state index in [1.807, 2.05) is 6.92 Å². The normalized spacial score (nSPS) is 18.8. The maximum absolute atomic E-state index is 6.01. The molecule has 1 unspecified atom stereocenters. The van der Waals surface area contributed by atoms with Crippen LogP contribution in [0.15, 0.2) is 0 Å². The monoisotopic (exact) mass is 256 g/mol. The van der Waals surface area contributed by atoms with E-state index in [2.05, 4.69) is 13.8 Å². The van der Waals surface area contributed by atoms with Crippen LogP contribution in [-0.2, 0) is 9.47 Å². The summed E-state index contributed by atoms with van der Waals surface area (Å²) in [6.07, 6.45) is 13.3. The van der Waals surface area contributed by atoms with Crippen LogP contribution in [0.2, 0.25) is 0 Å². The second kappa shape index (κ2) is 8.92. The minimum absolute atomic E-state index is 0.185. The van der Waals surface area contributed by atoms with Gasteiger partial charge in [0.2, 0.25) is 0 Å². The van der Waals surface area contributed by atoms with Gasteiger partial charge in [-0.1, -0.05) is 51.9 Å². The van der Waals surface area contributed by atoms with Gasteiger partial charge in [0.15, 0.2) is 5.79 Å². The van der Waals surface area contributed by atoms with Gasteiger partial charge in [0.05, 0.1) is 6.10 Å². The molecule has 0 bridgehead atoms. The van der Waals surface area contributed by atoms with Crippen molar-refractivity contribution in [2.24, 2.45) is 0 Å². The molecule has 1 fully saturated rings. The van der Waals surface area contributed by atoms with Gasteiger partial charge in [-0.05, 0) is 20.3 Å². The third-order valence-corrected chi connectivity index (χ3v) is 3.70. The van der Waals surface area contributed by atoms with Crippen molar-refractivity contribution in [3.63, 3.8) is 0 Å². The Balaban J connectivity index is 1.92. The summed E-state index contributed by atoms with van der Waals surface area (Å²) in [6.45, 7) is 7.27. The summed E-state index contributed by atoms with van der Waals surface area (Å²) in [6, 6.07) is 0. The van der Waals surface area contributed by atoms with E-state index in [1.54, 1.807) is 0 Å². The van der Waals surface area contributed by atoms with E-state index in [1.165, 1.54) is 51.4 Å². The van der Waals surface area contributed by atoms with Gasteiger partial charge in [-0.3, -0.25) is 0 Å². The summed E-state index contributed by atoms with van der Waals surface area (Å²) in [5.74, 6) is -0.185. The molecule has 2 nitrogen and oxygen atoms in total. The zero-order chi connectivity index (χ0) is 13.3. The molecule has 0 heterocycles. The molecule has 18 heavy (non-hydrogen) atoms. The second-order valence-electron chi connectivity index (χ2n) is 5.68. The van der Waals surface area contributed by atoms with Crippen molar-refractivity contribution in [1.29, 1.82) is 0 Å². The Hall–Kier alpha value is -0.0800. The molecule has 0 amide bonds. The van der Waals surface area contributed by atoms with Gasteiger partial charge in [0, 0.05) is 19.4 Å². The van der Waals surface area contributed by atoms with Crippen molar-refractivity contribution in [3.05, 3.63) is 0 Å². The first-order chi connectivity index (χ1) is 8.72. The first-order valence-electron chi connectivity index (χ1n) is 8.04. The van der Waals surface area contributed by atoms with E-state index in [0.29, 0.717) is 6.10 Å². The first-order valence-corrected chi connectivity index (χ1v) is 8.04. The molecule has 0 saturated heterocycles. The predicted octanol–water partition coefficient (Wildman–Crippen LogP) is 5.06. The van der Waals surface area contributed by atoms with Crippen LogP contribution in [0.3, 0.4) is 0 Å². The van der Waals surface area contributed by atoms with Crippen LogP contribution in [0, 0.1) is 0 Å². The zero-order valence-corrected chi connectivity index (χ0v) is 12.7. The van der Waals surface area contributed by atoms with Gasteiger partial charge in [-0.15, -0.1) is 0 Å². The molecule has 1 rings (SSSR count). The molecular weight excluding hydrogens is 224 g/mol. The number of rotatable bonds is 12. The quantitative estimate of drug-likeness (QED) is 0.359. The lowest BCUT2D eigenvalue weighted by molar-refractivity contribution is -0.188. The average molecular weight is 256 g/mol. The van der Waals surface area contributed by atoms with Crippen LogP contribution in [0.4, 0.5) is 0 Å². The molecular formula is C16H32O2. The Kier molecular flexibility index (Phi) is 7.92. The third kappa shape index (κ3) is 6.75. The lowest BCUT2D eigenvalue weighted by atomic mass is 10.1. The summed E-state index contributed by atoms with van der Waals surface area (Å²) in [7, 11) is 0. The van der Waals surface area contributed by atoms with E-state index in [9.17, 15) is 0 Å². The van der Waals surface area contributed by atoms with Gasteiger partial charge in [0.1, 0.15) is 0 Å². The highest BCUT2D eigenvalue weighted by atomic mass is 16.7. The highest BCUT2D eigenvalue weighted by Gasteiger charge is 2.46. The Bertz CT molecular complexity index is 199. The molecule has 2 heteroatoms. The predicted molar refractivity (Wildman–Crippen MR) is 76.7 cm³/mol. The molecule has 1 saturated carbocycles. The molecule has 0 N–H and O–H groups in total. The van der Waals surface area contributed by atoms with Crippen molar-refractivity contribution < 1.29 is 9.47 Å². The molecule has 1 aliphatic carbocycles. The highest BCUT2D eigenvalue weighted by Crippen LogP contribution is 2.42. The van der Waals surface area contributed by atoms with Gasteiger partial charge in [0.25, 0.3) is 0 Å². The maximum atomic E-state index is 6.01. The highest BCUT2D eigenvalue weighted by molar-refractivity contribution is 4.87. The van der Waals surface area contributed by atoms with Crippen molar-refractivity contribution in [2.45, 2.75) is 96.9 Å². The number of hydrogen-bond donors (Lipinski definition) is 0. The van der Waals surface area contributed by atoms with Crippen molar-refractivity contribution in [3.8, 4) is 0 Å². The topological polar surface area (TPSA) is 18.5 Å². The van der Waals surface area contributed by atoms with Gasteiger partial charge in [-0.25, -0.2) is 0 Å². The second-order valence-corrected chi connectivity index (χ2v) is 5.68. The Morgan fingerprint density at radius 1 is 0.944 bits per heavy atom. The summed E-state index contributed by atoms with van der Waals surface area (Å²) in [5.41, 5.74) is 0. The molecule has 0 radical (unpaired) electrons. The summed E-state index contributed by atoms with van der Waals surface area (Å²) < 4.78 is 11.7. The lowest BCUT2D eigenvalue weighted by Crippen LogP contribution is -2.24. The minimum atomic E-state index is -0.185. The third-order valence-electron chi connectivity index (χ3n) is 3.70. The van der Waals surface area contributed by atoms with Crippen LogP contribution in [0.1, 0.15) is 85.0 Å². The van der Waals surface area contributed by atoms with Crippen LogP contribution < -0.4 is 0 Å². The van der Waals surface area contributed by atoms with Crippen LogP contribution >= 0.6 is 0 Å². The van der Waals surface area contributed by atoms with Crippen molar-refractivity contribution >= 4 is 0 Å². The zero-order valence-electron chi connectivity index (χ0n) is 12.7. The van der Waals surface area contributed by atoms with E-state index in [0.717, 1.165) is 19.4 Å². The molecule has 1 atom stereocenters. The van der Waals surface area contributed by atoms with E-state index >= 15 is 0 Å². The summed E-state index contributed by atoms with van der Waals surface area (Å²) in [4.78, 5) is 0. The maximum Gasteiger partial charge on any atom is 0.169 e. The van der Waals surface area contributed by atoms with Gasteiger partial charge >= 0.3 is 0 Å². The lowest BCUT2D eigenvalue weighted by Gasteiger charge is -2.21. The molecule has 0 aliphatic heterocycles. The summed E-state index contributed by atoms with van der Waals surface area (Å²) in [5, 5.41) is 0. The SMILES string of the molecule is CCCCCCCCCC(C)OC1(OCC)CC1. The number of ether oxygens (including phenoxy) is 2. The Morgan fingerprint density at radius 3 is 2.11 bits per heavy atom. The average Bonchev–Trinajstić information content (AvgIpc) is 3.08. The molecule has 0 spiro atoms. The Labute approximate surface area is 113 Å². The fraction of sp³-hybridized carbons (Fsp3) is 1.00. The van der Waals surface area contributed by atoms with Crippen molar-refractivity contribution in [1.82, 2.24) is 0 Å².